The van der Waals surface area contributed by atoms with Crippen molar-refractivity contribution in [3.8, 4) is 0 Å². The SMILES string of the molecule is CC(=O)Nc1ccc2nc(NC(=O)c3ccc(F)cc3Br)sc2c1. The van der Waals surface area contributed by atoms with Crippen molar-refractivity contribution >= 4 is 60.1 Å². The Balaban J connectivity index is 1.84. The van der Waals surface area contributed by atoms with Gasteiger partial charge in [-0.25, -0.2) is 9.37 Å². The average molecular weight is 408 g/mol. The van der Waals surface area contributed by atoms with Crippen molar-refractivity contribution in [2.75, 3.05) is 10.6 Å². The number of nitrogens with one attached hydrogen (secondary N) is 2. The minimum absolute atomic E-state index is 0.159. The molecule has 2 N–H and O–H groups in total. The fourth-order valence-electron chi connectivity index (χ4n) is 2.10. The predicted octanol–water partition coefficient (Wildman–Crippen LogP) is 4.41. The number of amides is 2. The van der Waals surface area contributed by atoms with Crippen LogP contribution >= 0.6 is 27.3 Å². The maximum Gasteiger partial charge on any atom is 0.258 e. The molecule has 0 spiro atoms. The molecular formula is C16H11BrFN3O2S. The summed E-state index contributed by atoms with van der Waals surface area (Å²) >= 11 is 4.46. The summed E-state index contributed by atoms with van der Waals surface area (Å²) in [5.74, 6) is -0.972. The number of carbonyl (C=O) groups is 2. The molecule has 1 aromatic heterocycles. The standard InChI is InChI=1S/C16H11BrFN3O2S/c1-8(22)19-10-3-5-13-14(7-10)24-16(20-13)21-15(23)11-4-2-9(18)6-12(11)17/h2-7H,1H3,(H,19,22)(H,20,21,23). The fraction of sp³-hybridized carbons (Fsp3) is 0.0625. The Morgan fingerprint density at radius 2 is 1.96 bits per heavy atom. The van der Waals surface area contributed by atoms with Crippen LogP contribution in [-0.4, -0.2) is 16.8 Å². The lowest BCUT2D eigenvalue weighted by atomic mass is 10.2. The highest BCUT2D eigenvalue weighted by Gasteiger charge is 2.13. The highest BCUT2D eigenvalue weighted by atomic mass is 79.9. The van der Waals surface area contributed by atoms with Crippen molar-refractivity contribution in [2.24, 2.45) is 0 Å². The van der Waals surface area contributed by atoms with Crippen molar-refractivity contribution in [2.45, 2.75) is 6.92 Å². The van der Waals surface area contributed by atoms with Crippen molar-refractivity contribution in [3.63, 3.8) is 0 Å². The second-order valence-corrected chi connectivity index (χ2v) is 6.85. The molecule has 2 aromatic carbocycles. The molecule has 0 bridgehead atoms. The lowest BCUT2D eigenvalue weighted by Crippen LogP contribution is -2.12. The zero-order valence-electron chi connectivity index (χ0n) is 12.4. The van der Waals surface area contributed by atoms with Gasteiger partial charge in [0.25, 0.3) is 5.91 Å². The average Bonchev–Trinajstić information content (AvgIpc) is 2.87. The molecule has 2 amide bonds. The molecule has 0 aliphatic carbocycles. The summed E-state index contributed by atoms with van der Waals surface area (Å²) in [6.07, 6.45) is 0. The zero-order valence-corrected chi connectivity index (χ0v) is 14.8. The van der Waals surface area contributed by atoms with Crippen LogP contribution in [0.2, 0.25) is 0 Å². The summed E-state index contributed by atoms with van der Waals surface area (Å²) in [5, 5.41) is 5.82. The summed E-state index contributed by atoms with van der Waals surface area (Å²) < 4.78 is 14.3. The van der Waals surface area contributed by atoms with Gasteiger partial charge in [0.15, 0.2) is 5.13 Å². The third kappa shape index (κ3) is 3.60. The summed E-state index contributed by atoms with van der Waals surface area (Å²) in [6, 6.07) is 9.14. The summed E-state index contributed by atoms with van der Waals surface area (Å²) in [7, 11) is 0. The van der Waals surface area contributed by atoms with Gasteiger partial charge in [0.1, 0.15) is 5.82 Å². The van der Waals surface area contributed by atoms with Gasteiger partial charge in [0.2, 0.25) is 5.91 Å². The Kier molecular flexibility index (Phi) is 4.59. The fourth-order valence-corrected chi connectivity index (χ4v) is 3.53. The highest BCUT2D eigenvalue weighted by Crippen LogP contribution is 2.29. The minimum Gasteiger partial charge on any atom is -0.326 e. The van der Waals surface area contributed by atoms with E-state index < -0.39 is 5.82 Å². The monoisotopic (exact) mass is 407 g/mol. The molecule has 0 aliphatic heterocycles. The number of nitrogens with zero attached hydrogens (tertiary/aromatic N) is 1. The maximum atomic E-state index is 13.1. The van der Waals surface area contributed by atoms with Crippen molar-refractivity contribution < 1.29 is 14.0 Å². The largest absolute Gasteiger partial charge is 0.326 e. The summed E-state index contributed by atoms with van der Waals surface area (Å²) in [5.41, 5.74) is 1.69. The molecule has 3 rings (SSSR count). The molecule has 0 aliphatic rings. The third-order valence-corrected chi connectivity index (χ3v) is 4.69. The van der Waals surface area contributed by atoms with E-state index in [2.05, 4.69) is 31.5 Å². The number of thiazole rings is 1. The van der Waals surface area contributed by atoms with Crippen LogP contribution in [0, 0.1) is 5.82 Å². The molecule has 0 saturated carbocycles. The van der Waals surface area contributed by atoms with Gasteiger partial charge in [0.05, 0.1) is 15.8 Å². The van der Waals surface area contributed by atoms with Crippen LogP contribution in [0.1, 0.15) is 17.3 Å². The molecule has 0 unspecified atom stereocenters. The predicted molar refractivity (Wildman–Crippen MR) is 96.0 cm³/mol. The Hall–Kier alpha value is -2.32. The van der Waals surface area contributed by atoms with E-state index in [0.29, 0.717) is 26.4 Å². The number of halogens is 2. The topological polar surface area (TPSA) is 71.1 Å². The minimum atomic E-state index is -0.427. The number of anilines is 2. The van der Waals surface area contributed by atoms with Crippen LogP contribution in [0.3, 0.4) is 0 Å². The van der Waals surface area contributed by atoms with Gasteiger partial charge in [-0.05, 0) is 52.3 Å². The first-order valence-corrected chi connectivity index (χ1v) is 8.48. The molecule has 3 aromatic rings. The van der Waals surface area contributed by atoms with Crippen LogP contribution in [-0.2, 0) is 4.79 Å². The first kappa shape index (κ1) is 16.5. The summed E-state index contributed by atoms with van der Waals surface area (Å²) in [4.78, 5) is 27.7. The number of fused-ring (bicyclic) bond motifs is 1. The van der Waals surface area contributed by atoms with Gasteiger partial charge >= 0.3 is 0 Å². The van der Waals surface area contributed by atoms with Crippen LogP contribution in [0.5, 0.6) is 0 Å². The molecule has 122 valence electrons. The van der Waals surface area contributed by atoms with E-state index in [0.717, 1.165) is 4.70 Å². The van der Waals surface area contributed by atoms with Gasteiger partial charge in [-0.3, -0.25) is 14.9 Å². The van der Waals surface area contributed by atoms with Gasteiger partial charge in [-0.15, -0.1) is 0 Å². The Bertz CT molecular complexity index is 958. The van der Waals surface area contributed by atoms with Gasteiger partial charge < -0.3 is 5.32 Å². The van der Waals surface area contributed by atoms with Crippen molar-refractivity contribution in [1.82, 2.24) is 4.98 Å². The molecule has 24 heavy (non-hydrogen) atoms. The molecule has 0 saturated heterocycles. The molecule has 0 atom stereocenters. The maximum absolute atomic E-state index is 13.1. The van der Waals surface area contributed by atoms with E-state index in [1.54, 1.807) is 18.2 Å². The smallest absolute Gasteiger partial charge is 0.258 e. The van der Waals surface area contributed by atoms with Crippen LogP contribution < -0.4 is 10.6 Å². The Morgan fingerprint density at radius 3 is 2.67 bits per heavy atom. The Morgan fingerprint density at radius 1 is 1.17 bits per heavy atom. The zero-order chi connectivity index (χ0) is 17.3. The number of benzene rings is 2. The second kappa shape index (κ2) is 6.66. The lowest BCUT2D eigenvalue weighted by molar-refractivity contribution is -0.114. The number of hydrogen-bond acceptors (Lipinski definition) is 4. The number of aromatic nitrogens is 1. The second-order valence-electron chi connectivity index (χ2n) is 4.96. The number of rotatable bonds is 3. The molecule has 0 fully saturated rings. The van der Waals surface area contributed by atoms with E-state index in [1.807, 2.05) is 0 Å². The van der Waals surface area contributed by atoms with Crippen LogP contribution in [0.25, 0.3) is 10.2 Å². The van der Waals surface area contributed by atoms with Gasteiger partial charge in [0, 0.05) is 17.1 Å². The van der Waals surface area contributed by atoms with Crippen LogP contribution in [0.4, 0.5) is 15.2 Å². The first-order chi connectivity index (χ1) is 11.4. The normalized spacial score (nSPS) is 10.6. The van der Waals surface area contributed by atoms with E-state index in [-0.39, 0.29) is 11.8 Å². The van der Waals surface area contributed by atoms with E-state index >= 15 is 0 Å². The quantitative estimate of drug-likeness (QED) is 0.675. The van der Waals surface area contributed by atoms with Crippen LogP contribution in [0.15, 0.2) is 40.9 Å². The van der Waals surface area contributed by atoms with E-state index in [4.69, 9.17) is 0 Å². The van der Waals surface area contributed by atoms with E-state index in [9.17, 15) is 14.0 Å². The van der Waals surface area contributed by atoms with Gasteiger partial charge in [-0.2, -0.15) is 0 Å². The molecule has 1 heterocycles. The number of carbonyl (C=O) groups excluding carboxylic acids is 2. The van der Waals surface area contributed by atoms with Crippen molar-refractivity contribution in [1.29, 1.82) is 0 Å². The highest BCUT2D eigenvalue weighted by molar-refractivity contribution is 9.10. The Labute approximate surface area is 149 Å². The molecule has 8 heteroatoms. The van der Waals surface area contributed by atoms with E-state index in [1.165, 1.54) is 36.5 Å². The molecular weight excluding hydrogens is 397 g/mol. The van der Waals surface area contributed by atoms with Gasteiger partial charge in [-0.1, -0.05) is 11.3 Å². The first-order valence-electron chi connectivity index (χ1n) is 6.87. The van der Waals surface area contributed by atoms with Crippen molar-refractivity contribution in [3.05, 3.63) is 52.3 Å². The molecule has 5 nitrogen and oxygen atoms in total. The third-order valence-electron chi connectivity index (χ3n) is 3.11. The number of hydrogen-bond donors (Lipinski definition) is 2. The lowest BCUT2D eigenvalue weighted by Gasteiger charge is -2.03. The molecule has 0 radical (unpaired) electrons. The summed E-state index contributed by atoms with van der Waals surface area (Å²) in [6.45, 7) is 1.43.